The Labute approximate surface area is 46.3 Å². The molecule has 4 N–H and O–H groups in total. The summed E-state index contributed by atoms with van der Waals surface area (Å²) in [5.74, 6) is 5.28. The molecule has 0 saturated heterocycles. The average molecular weight is 117 g/mol. The summed E-state index contributed by atoms with van der Waals surface area (Å²) in [7, 11) is 0. The first kappa shape index (κ1) is 4.96. The lowest BCUT2D eigenvalue weighted by Gasteiger charge is -2.12. The van der Waals surface area contributed by atoms with Crippen molar-refractivity contribution in [2.24, 2.45) is 11.6 Å². The number of hydrogen-bond donors (Lipinski definition) is 2. The summed E-state index contributed by atoms with van der Waals surface area (Å²) >= 11 is 1.50. The zero-order chi connectivity index (χ0) is 5.28. The third-order valence-electron chi connectivity index (χ3n) is 0.745. The third kappa shape index (κ3) is 0.876. The summed E-state index contributed by atoms with van der Waals surface area (Å²) in [6, 6.07) is 0. The Hall–Kier alpha value is -0.190. The molecular weight excluding hydrogens is 110 g/mol. The van der Waals surface area contributed by atoms with Crippen LogP contribution in [0.1, 0.15) is 0 Å². The van der Waals surface area contributed by atoms with Crippen LogP contribution < -0.4 is 11.6 Å². The lowest BCUT2D eigenvalue weighted by Crippen LogP contribution is -2.37. The maximum absolute atomic E-state index is 5.38. The van der Waals surface area contributed by atoms with Crippen LogP contribution in [0, 0.1) is 0 Å². The smallest absolute Gasteiger partial charge is 0.143 e. The van der Waals surface area contributed by atoms with Gasteiger partial charge in [-0.1, -0.05) is 11.8 Å². The molecule has 7 heavy (non-hydrogen) atoms. The van der Waals surface area contributed by atoms with Gasteiger partial charge in [-0.15, -0.1) is 0 Å². The van der Waals surface area contributed by atoms with Crippen LogP contribution in [-0.2, 0) is 0 Å². The molecule has 0 aromatic rings. The van der Waals surface area contributed by atoms with Gasteiger partial charge in [0.2, 0.25) is 0 Å². The molecule has 0 spiro atoms. The van der Waals surface area contributed by atoms with Crippen molar-refractivity contribution in [2.75, 3.05) is 0 Å². The fraction of sp³-hybridized carbons (Fsp3) is 0.333. The Morgan fingerprint density at radius 2 is 2.43 bits per heavy atom. The van der Waals surface area contributed by atoms with Crippen molar-refractivity contribution in [3.63, 3.8) is 0 Å². The van der Waals surface area contributed by atoms with E-state index in [-0.39, 0.29) is 5.50 Å². The molecule has 1 rings (SSSR count). The zero-order valence-electron chi connectivity index (χ0n) is 3.74. The molecule has 4 heteroatoms. The highest BCUT2D eigenvalue weighted by molar-refractivity contribution is 8.02. The van der Waals surface area contributed by atoms with Crippen molar-refractivity contribution in [1.29, 1.82) is 0 Å². The molecule has 0 amide bonds. The lowest BCUT2D eigenvalue weighted by molar-refractivity contribution is 0.384. The SMILES string of the molecule is NC1SC=CN1N. The topological polar surface area (TPSA) is 55.3 Å². The Kier molecular flexibility index (Phi) is 1.23. The second-order valence-electron chi connectivity index (χ2n) is 1.26. The Morgan fingerprint density at radius 1 is 1.71 bits per heavy atom. The molecule has 3 nitrogen and oxygen atoms in total. The predicted octanol–water partition coefficient (Wildman–Crippen LogP) is -0.378. The molecule has 1 atom stereocenters. The van der Waals surface area contributed by atoms with Crippen LogP contribution in [0.15, 0.2) is 11.6 Å². The number of hydrazine groups is 1. The highest BCUT2D eigenvalue weighted by Crippen LogP contribution is 2.15. The number of rotatable bonds is 0. The van der Waals surface area contributed by atoms with Crippen molar-refractivity contribution >= 4 is 11.8 Å². The van der Waals surface area contributed by atoms with E-state index in [9.17, 15) is 0 Å². The van der Waals surface area contributed by atoms with E-state index in [1.165, 1.54) is 16.8 Å². The van der Waals surface area contributed by atoms with Gasteiger partial charge in [-0.05, 0) is 5.41 Å². The molecular formula is C3H7N3S. The van der Waals surface area contributed by atoms with Crippen LogP contribution in [-0.4, -0.2) is 10.5 Å². The Morgan fingerprint density at radius 3 is 2.57 bits per heavy atom. The molecule has 1 unspecified atom stereocenters. The molecule has 0 aromatic carbocycles. The third-order valence-corrected chi connectivity index (χ3v) is 1.55. The van der Waals surface area contributed by atoms with Crippen LogP contribution in [0.4, 0.5) is 0 Å². The van der Waals surface area contributed by atoms with Crippen molar-refractivity contribution < 1.29 is 0 Å². The number of nitrogens with two attached hydrogens (primary N) is 2. The minimum absolute atomic E-state index is 0.0694. The fourth-order valence-corrected chi connectivity index (χ4v) is 0.924. The lowest BCUT2D eigenvalue weighted by atomic mass is 10.9. The number of thioether (sulfide) groups is 1. The van der Waals surface area contributed by atoms with Crippen LogP contribution >= 0.6 is 11.8 Å². The monoisotopic (exact) mass is 117 g/mol. The molecule has 0 bridgehead atoms. The van der Waals surface area contributed by atoms with Gasteiger partial charge < -0.3 is 5.73 Å². The molecule has 1 heterocycles. The first-order chi connectivity index (χ1) is 3.30. The van der Waals surface area contributed by atoms with Gasteiger partial charge in [0, 0.05) is 6.20 Å². The number of hydrogen-bond acceptors (Lipinski definition) is 4. The Balaban J connectivity index is 2.45. The molecule has 1 aliphatic rings. The average Bonchev–Trinajstić information content (AvgIpc) is 1.91. The summed E-state index contributed by atoms with van der Waals surface area (Å²) in [6.45, 7) is 0. The highest BCUT2D eigenvalue weighted by atomic mass is 32.2. The predicted molar refractivity (Wildman–Crippen MR) is 30.7 cm³/mol. The van der Waals surface area contributed by atoms with E-state index < -0.39 is 0 Å². The van der Waals surface area contributed by atoms with Gasteiger partial charge in [0.25, 0.3) is 0 Å². The van der Waals surface area contributed by atoms with Crippen LogP contribution in [0.3, 0.4) is 0 Å². The van der Waals surface area contributed by atoms with Gasteiger partial charge in [-0.2, -0.15) is 0 Å². The van der Waals surface area contributed by atoms with Crippen molar-refractivity contribution in [3.8, 4) is 0 Å². The van der Waals surface area contributed by atoms with Crippen molar-refractivity contribution in [2.45, 2.75) is 5.50 Å². The van der Waals surface area contributed by atoms with Gasteiger partial charge in [0.15, 0.2) is 0 Å². The number of nitrogens with zero attached hydrogens (tertiary/aromatic N) is 1. The maximum atomic E-state index is 5.38. The molecule has 1 aliphatic heterocycles. The van der Waals surface area contributed by atoms with E-state index >= 15 is 0 Å². The van der Waals surface area contributed by atoms with Crippen LogP contribution in [0.5, 0.6) is 0 Å². The Bertz CT molecular complexity index is 92.2. The molecule has 0 saturated carbocycles. The van der Waals surface area contributed by atoms with E-state index in [1.807, 2.05) is 5.41 Å². The summed E-state index contributed by atoms with van der Waals surface area (Å²) in [4.78, 5) is 0. The van der Waals surface area contributed by atoms with E-state index in [0.717, 1.165) is 0 Å². The molecule has 40 valence electrons. The van der Waals surface area contributed by atoms with E-state index in [1.54, 1.807) is 6.20 Å². The van der Waals surface area contributed by atoms with Gasteiger partial charge in [-0.3, -0.25) is 5.01 Å². The first-order valence-corrected chi connectivity index (χ1v) is 2.86. The first-order valence-electron chi connectivity index (χ1n) is 1.91. The van der Waals surface area contributed by atoms with E-state index in [0.29, 0.717) is 0 Å². The second kappa shape index (κ2) is 1.73. The largest absolute Gasteiger partial charge is 0.301 e. The van der Waals surface area contributed by atoms with Gasteiger partial charge in [-0.25, -0.2) is 5.84 Å². The molecule has 0 aliphatic carbocycles. The minimum atomic E-state index is -0.0694. The fourth-order valence-electron chi connectivity index (χ4n) is 0.341. The zero-order valence-corrected chi connectivity index (χ0v) is 4.56. The summed E-state index contributed by atoms with van der Waals surface area (Å²) < 4.78 is 0. The van der Waals surface area contributed by atoms with Gasteiger partial charge in [0.1, 0.15) is 5.50 Å². The highest BCUT2D eigenvalue weighted by Gasteiger charge is 2.08. The summed E-state index contributed by atoms with van der Waals surface area (Å²) in [5, 5.41) is 3.33. The summed E-state index contributed by atoms with van der Waals surface area (Å²) in [6.07, 6.45) is 1.75. The molecule has 0 fully saturated rings. The second-order valence-corrected chi connectivity index (χ2v) is 2.29. The summed E-state index contributed by atoms with van der Waals surface area (Å²) in [5.41, 5.74) is 5.31. The normalized spacial score (nSPS) is 29.4. The standard InChI is InChI=1S/C3H7N3S/c4-3-6(5)1-2-7-3/h1-3H,4-5H2. The van der Waals surface area contributed by atoms with Crippen molar-refractivity contribution in [3.05, 3.63) is 11.6 Å². The van der Waals surface area contributed by atoms with Crippen LogP contribution in [0.2, 0.25) is 0 Å². The van der Waals surface area contributed by atoms with E-state index in [2.05, 4.69) is 0 Å². The quantitative estimate of drug-likeness (QED) is 0.425. The maximum Gasteiger partial charge on any atom is 0.143 e. The molecule has 0 aromatic heterocycles. The van der Waals surface area contributed by atoms with E-state index in [4.69, 9.17) is 11.6 Å². The minimum Gasteiger partial charge on any atom is -0.301 e. The van der Waals surface area contributed by atoms with Crippen molar-refractivity contribution in [1.82, 2.24) is 5.01 Å². The van der Waals surface area contributed by atoms with Crippen LogP contribution in [0.25, 0.3) is 0 Å². The van der Waals surface area contributed by atoms with Gasteiger partial charge in [0.05, 0.1) is 0 Å². The molecule has 0 radical (unpaired) electrons. The van der Waals surface area contributed by atoms with Gasteiger partial charge >= 0.3 is 0 Å².